The number of aryl methyl sites for hydroxylation is 1. The highest BCUT2D eigenvalue weighted by Gasteiger charge is 2.41. The van der Waals surface area contributed by atoms with Crippen LogP contribution in [0.5, 0.6) is 5.75 Å². The van der Waals surface area contributed by atoms with E-state index in [2.05, 4.69) is 5.16 Å². The first-order valence-corrected chi connectivity index (χ1v) is 8.11. The molecule has 25 heavy (non-hydrogen) atoms. The van der Waals surface area contributed by atoms with E-state index in [1.54, 1.807) is 52.1 Å². The Balaban J connectivity index is 1.87. The van der Waals surface area contributed by atoms with Crippen molar-refractivity contribution in [3.05, 3.63) is 35.5 Å². The zero-order chi connectivity index (χ0) is 18.2. The lowest BCUT2D eigenvalue weighted by molar-refractivity contribution is -0.160. The molecule has 1 fully saturated rings. The molecule has 0 spiro atoms. The zero-order valence-corrected chi connectivity index (χ0v) is 14.7. The molecule has 0 saturated carbocycles. The second-order valence-corrected chi connectivity index (χ2v) is 6.54. The first kappa shape index (κ1) is 17.9. The molecular weight excluding hydrogens is 326 g/mol. The Bertz CT molecular complexity index is 724. The summed E-state index contributed by atoms with van der Waals surface area (Å²) in [7, 11) is 1.59. The fraction of sp³-hybridized carbons (Fsp3) is 0.500. The Labute approximate surface area is 146 Å². The maximum atomic E-state index is 10.7. The molecule has 7 heteroatoms. The third kappa shape index (κ3) is 3.55. The highest BCUT2D eigenvalue weighted by Crippen LogP contribution is 2.36. The average molecular weight is 349 g/mol. The van der Waals surface area contributed by atoms with Gasteiger partial charge in [-0.2, -0.15) is 0 Å². The summed E-state index contributed by atoms with van der Waals surface area (Å²) in [4.78, 5) is 0. The summed E-state index contributed by atoms with van der Waals surface area (Å²) in [6.45, 7) is 5.45. The van der Waals surface area contributed by atoms with E-state index in [0.717, 1.165) is 5.56 Å². The van der Waals surface area contributed by atoms with Gasteiger partial charge in [-0.3, -0.25) is 0 Å². The maximum absolute atomic E-state index is 10.7. The minimum atomic E-state index is -1.22. The van der Waals surface area contributed by atoms with Crippen LogP contribution < -0.4 is 4.74 Å². The Kier molecular flexibility index (Phi) is 4.83. The Morgan fingerprint density at radius 2 is 1.92 bits per heavy atom. The normalized spacial score (nSPS) is 21.9. The van der Waals surface area contributed by atoms with Crippen LogP contribution in [0.1, 0.15) is 31.2 Å². The van der Waals surface area contributed by atoms with Crippen molar-refractivity contribution in [2.75, 3.05) is 13.7 Å². The Morgan fingerprint density at radius 1 is 1.24 bits per heavy atom. The molecule has 2 aromatic rings. The first-order valence-electron chi connectivity index (χ1n) is 8.11. The van der Waals surface area contributed by atoms with Gasteiger partial charge in [0.2, 0.25) is 0 Å². The van der Waals surface area contributed by atoms with Crippen molar-refractivity contribution in [3.8, 4) is 17.1 Å². The lowest BCUT2D eigenvalue weighted by Gasteiger charge is -2.24. The van der Waals surface area contributed by atoms with Gasteiger partial charge in [0.15, 0.2) is 11.5 Å². The van der Waals surface area contributed by atoms with Gasteiger partial charge in [0.05, 0.1) is 25.0 Å². The van der Waals surface area contributed by atoms with E-state index < -0.39 is 24.1 Å². The summed E-state index contributed by atoms with van der Waals surface area (Å²) in [5.41, 5.74) is 1.67. The number of ether oxygens (including phenoxy) is 3. The minimum absolute atomic E-state index is 0.202. The van der Waals surface area contributed by atoms with E-state index in [1.807, 2.05) is 0 Å². The number of benzene rings is 1. The van der Waals surface area contributed by atoms with Crippen LogP contribution in [0.25, 0.3) is 11.3 Å². The lowest BCUT2D eigenvalue weighted by atomic mass is 9.96. The van der Waals surface area contributed by atoms with Gasteiger partial charge in [0, 0.05) is 5.56 Å². The molecule has 0 amide bonds. The number of rotatable bonds is 5. The molecular formula is C18H23NO6. The van der Waals surface area contributed by atoms with Gasteiger partial charge >= 0.3 is 0 Å². The topological polar surface area (TPSA) is 94.2 Å². The molecule has 7 nitrogen and oxygen atoms in total. The number of aliphatic hydroxyl groups excluding tert-OH is 2. The molecule has 0 aliphatic carbocycles. The monoisotopic (exact) mass is 349 g/mol. The number of aliphatic hydroxyl groups is 2. The second-order valence-electron chi connectivity index (χ2n) is 6.54. The molecule has 136 valence electrons. The van der Waals surface area contributed by atoms with Gasteiger partial charge < -0.3 is 28.9 Å². The van der Waals surface area contributed by atoms with Crippen molar-refractivity contribution >= 4 is 0 Å². The highest BCUT2D eigenvalue weighted by atomic mass is 16.7. The number of aromatic nitrogens is 1. The van der Waals surface area contributed by atoms with Gasteiger partial charge in [0.1, 0.15) is 24.1 Å². The maximum Gasteiger partial charge on any atom is 0.173 e. The van der Waals surface area contributed by atoms with E-state index in [0.29, 0.717) is 22.8 Å². The number of nitrogens with zero attached hydrogens (tertiary/aromatic N) is 1. The van der Waals surface area contributed by atoms with E-state index >= 15 is 0 Å². The van der Waals surface area contributed by atoms with E-state index in [9.17, 15) is 10.2 Å². The summed E-state index contributed by atoms with van der Waals surface area (Å²) >= 11 is 0. The predicted octanol–water partition coefficient (Wildman–Crippen LogP) is 2.20. The summed E-state index contributed by atoms with van der Waals surface area (Å²) in [5.74, 6) is 0.333. The number of methoxy groups -OCH3 is 1. The minimum Gasteiger partial charge on any atom is -0.497 e. The van der Waals surface area contributed by atoms with Gasteiger partial charge in [-0.15, -0.1) is 0 Å². The molecule has 3 atom stereocenters. The van der Waals surface area contributed by atoms with Crippen LogP contribution in [0.3, 0.4) is 0 Å². The molecule has 1 aromatic heterocycles. The molecule has 0 bridgehead atoms. The predicted molar refractivity (Wildman–Crippen MR) is 89.1 cm³/mol. The van der Waals surface area contributed by atoms with Crippen LogP contribution >= 0.6 is 0 Å². The van der Waals surface area contributed by atoms with Crippen molar-refractivity contribution in [3.63, 3.8) is 0 Å². The van der Waals surface area contributed by atoms with E-state index in [-0.39, 0.29) is 6.61 Å². The molecule has 0 unspecified atom stereocenters. The van der Waals surface area contributed by atoms with Crippen LogP contribution in [0.15, 0.2) is 28.8 Å². The Hall–Kier alpha value is -1.93. The van der Waals surface area contributed by atoms with Gasteiger partial charge in [-0.1, -0.05) is 5.16 Å². The molecule has 1 aliphatic heterocycles. The summed E-state index contributed by atoms with van der Waals surface area (Å²) in [6, 6.07) is 7.19. The smallest absolute Gasteiger partial charge is 0.173 e. The van der Waals surface area contributed by atoms with Crippen LogP contribution in [0, 0.1) is 6.92 Å². The summed E-state index contributed by atoms with van der Waals surface area (Å²) < 4.78 is 21.7. The fourth-order valence-corrected chi connectivity index (χ4v) is 2.93. The largest absolute Gasteiger partial charge is 0.497 e. The summed E-state index contributed by atoms with van der Waals surface area (Å²) in [5, 5.41) is 25.2. The molecule has 2 heterocycles. The van der Waals surface area contributed by atoms with Gasteiger partial charge in [-0.25, -0.2) is 0 Å². The van der Waals surface area contributed by atoms with Crippen molar-refractivity contribution in [1.82, 2.24) is 5.16 Å². The SMILES string of the molecule is COc1ccc(-c2onc(C)c2[C@@H](O)[C@@H](O)[C@H]2COC(C)(C)O2)cc1. The third-order valence-corrected chi connectivity index (χ3v) is 4.29. The van der Waals surface area contributed by atoms with Crippen molar-refractivity contribution in [2.24, 2.45) is 0 Å². The third-order valence-electron chi connectivity index (χ3n) is 4.29. The molecule has 2 N–H and O–H groups in total. The first-order chi connectivity index (χ1) is 11.8. The second kappa shape index (κ2) is 6.76. The van der Waals surface area contributed by atoms with E-state index in [4.69, 9.17) is 18.7 Å². The summed E-state index contributed by atoms with van der Waals surface area (Å²) in [6.07, 6.45) is -3.02. The lowest BCUT2D eigenvalue weighted by Crippen LogP contribution is -2.35. The average Bonchev–Trinajstić information content (AvgIpc) is 3.16. The van der Waals surface area contributed by atoms with Crippen LogP contribution in [0.2, 0.25) is 0 Å². The van der Waals surface area contributed by atoms with Crippen LogP contribution in [0.4, 0.5) is 0 Å². The van der Waals surface area contributed by atoms with Crippen molar-refractivity contribution in [1.29, 1.82) is 0 Å². The van der Waals surface area contributed by atoms with Crippen molar-refractivity contribution in [2.45, 2.75) is 44.9 Å². The highest BCUT2D eigenvalue weighted by molar-refractivity contribution is 5.63. The quantitative estimate of drug-likeness (QED) is 0.854. The molecule has 0 radical (unpaired) electrons. The standard InChI is InChI=1S/C18H23NO6/c1-10-14(16(21)15(20)13-9-23-18(2,3)24-13)17(25-19-10)11-5-7-12(22-4)8-6-11/h5-8,13,15-16,20-21H,9H2,1-4H3/t13-,15+,16-/m1/s1. The molecule has 1 saturated heterocycles. The number of hydrogen-bond acceptors (Lipinski definition) is 7. The van der Waals surface area contributed by atoms with Crippen LogP contribution in [-0.2, 0) is 9.47 Å². The Morgan fingerprint density at radius 3 is 2.48 bits per heavy atom. The van der Waals surface area contributed by atoms with Crippen LogP contribution in [-0.4, -0.2) is 47.1 Å². The van der Waals surface area contributed by atoms with Crippen molar-refractivity contribution < 1.29 is 28.9 Å². The fourth-order valence-electron chi connectivity index (χ4n) is 2.93. The van der Waals surface area contributed by atoms with E-state index in [1.165, 1.54) is 0 Å². The number of hydrogen-bond donors (Lipinski definition) is 2. The van der Waals surface area contributed by atoms with Gasteiger partial charge in [-0.05, 0) is 45.0 Å². The molecule has 1 aromatic carbocycles. The molecule has 1 aliphatic rings. The van der Waals surface area contributed by atoms with Gasteiger partial charge in [0.25, 0.3) is 0 Å². The zero-order valence-electron chi connectivity index (χ0n) is 14.7. The molecule has 3 rings (SSSR count).